The summed E-state index contributed by atoms with van der Waals surface area (Å²) in [6.45, 7) is 0. The molecule has 3 aromatic carbocycles. The standard InChI is InChI=1S/C24H16ClFN4O2/c25-14-9-10-18-13(11-14)12-20(27-18)23(31)30-22-24(32)28-19-8-4-2-6-16(19)21(29-22)15-5-1-3-7-17(15)26/h1-12,22,27H,(H,28,32)(H,30,31). The van der Waals surface area contributed by atoms with E-state index in [0.29, 0.717) is 16.3 Å². The van der Waals surface area contributed by atoms with Crippen LogP contribution in [-0.2, 0) is 4.79 Å². The van der Waals surface area contributed by atoms with Crippen LogP contribution < -0.4 is 10.6 Å². The third-order valence-electron chi connectivity index (χ3n) is 5.17. The van der Waals surface area contributed by atoms with Crippen molar-refractivity contribution in [3.05, 3.63) is 100 Å². The minimum Gasteiger partial charge on any atom is -0.351 e. The van der Waals surface area contributed by atoms with Crippen LogP contribution in [0, 0.1) is 5.82 Å². The molecule has 2 amide bonds. The number of aliphatic imine (C=N–C) groups is 1. The first-order valence-corrected chi connectivity index (χ1v) is 10.2. The average Bonchev–Trinajstić information content (AvgIpc) is 3.15. The molecule has 0 fully saturated rings. The van der Waals surface area contributed by atoms with Crippen molar-refractivity contribution < 1.29 is 14.0 Å². The van der Waals surface area contributed by atoms with Crippen molar-refractivity contribution in [3.8, 4) is 0 Å². The molecule has 0 spiro atoms. The minimum atomic E-state index is -1.26. The van der Waals surface area contributed by atoms with Crippen molar-refractivity contribution in [2.75, 3.05) is 5.32 Å². The Labute approximate surface area is 187 Å². The summed E-state index contributed by atoms with van der Waals surface area (Å²) in [4.78, 5) is 33.2. The Morgan fingerprint density at radius 2 is 1.75 bits per heavy atom. The smallest absolute Gasteiger partial charge is 0.269 e. The molecule has 3 N–H and O–H groups in total. The zero-order chi connectivity index (χ0) is 22.2. The SMILES string of the molecule is O=C(NC1N=C(c2ccccc2F)c2ccccc2NC1=O)c1cc2cc(Cl)ccc2[nH]1. The van der Waals surface area contributed by atoms with Crippen LogP contribution in [0.25, 0.3) is 10.9 Å². The summed E-state index contributed by atoms with van der Waals surface area (Å²) < 4.78 is 14.6. The summed E-state index contributed by atoms with van der Waals surface area (Å²) in [5, 5.41) is 6.70. The van der Waals surface area contributed by atoms with E-state index in [1.54, 1.807) is 66.7 Å². The molecule has 5 rings (SSSR count). The number of nitrogens with zero attached hydrogens (tertiary/aromatic N) is 1. The van der Waals surface area contributed by atoms with Crippen LogP contribution in [0.1, 0.15) is 21.6 Å². The van der Waals surface area contributed by atoms with Crippen LogP contribution in [0.2, 0.25) is 5.02 Å². The average molecular weight is 447 g/mol. The lowest BCUT2D eigenvalue weighted by Gasteiger charge is -2.13. The molecule has 0 saturated heterocycles. The first kappa shape index (κ1) is 20.0. The predicted molar refractivity (Wildman–Crippen MR) is 122 cm³/mol. The quantitative estimate of drug-likeness (QED) is 0.432. The van der Waals surface area contributed by atoms with E-state index in [2.05, 4.69) is 20.6 Å². The number of nitrogens with one attached hydrogen (secondary N) is 3. The molecule has 32 heavy (non-hydrogen) atoms. The van der Waals surface area contributed by atoms with E-state index < -0.39 is 23.8 Å². The van der Waals surface area contributed by atoms with Gasteiger partial charge in [0.2, 0.25) is 6.17 Å². The normalized spacial score (nSPS) is 15.5. The van der Waals surface area contributed by atoms with Crippen LogP contribution in [0.5, 0.6) is 0 Å². The van der Waals surface area contributed by atoms with E-state index in [-0.39, 0.29) is 17.0 Å². The fourth-order valence-electron chi connectivity index (χ4n) is 3.65. The molecule has 1 atom stereocenters. The second kappa shape index (κ2) is 7.94. The summed E-state index contributed by atoms with van der Waals surface area (Å²) in [5.41, 5.74) is 2.52. The van der Waals surface area contributed by atoms with Gasteiger partial charge >= 0.3 is 0 Å². The molecule has 0 aliphatic carbocycles. The zero-order valence-electron chi connectivity index (χ0n) is 16.5. The molecule has 1 unspecified atom stereocenters. The lowest BCUT2D eigenvalue weighted by molar-refractivity contribution is -0.117. The molecular formula is C24H16ClFN4O2. The molecule has 0 saturated carbocycles. The highest BCUT2D eigenvalue weighted by molar-refractivity contribution is 6.31. The number of carbonyl (C=O) groups excluding carboxylic acids is 2. The molecule has 4 aromatic rings. The molecule has 158 valence electrons. The molecule has 1 aliphatic rings. The van der Waals surface area contributed by atoms with E-state index in [4.69, 9.17) is 11.6 Å². The molecule has 0 radical (unpaired) electrons. The highest BCUT2D eigenvalue weighted by Gasteiger charge is 2.28. The first-order chi connectivity index (χ1) is 15.5. The molecule has 8 heteroatoms. The van der Waals surface area contributed by atoms with Gasteiger partial charge < -0.3 is 15.6 Å². The highest BCUT2D eigenvalue weighted by atomic mass is 35.5. The Bertz CT molecular complexity index is 1410. The number of para-hydroxylation sites is 1. The third kappa shape index (κ3) is 3.63. The third-order valence-corrected chi connectivity index (χ3v) is 5.41. The van der Waals surface area contributed by atoms with Crippen LogP contribution in [0.15, 0.2) is 77.8 Å². The fourth-order valence-corrected chi connectivity index (χ4v) is 3.83. The number of H-pyrrole nitrogens is 1. The van der Waals surface area contributed by atoms with Gasteiger partial charge in [-0.15, -0.1) is 0 Å². The van der Waals surface area contributed by atoms with Crippen LogP contribution in [-0.4, -0.2) is 28.7 Å². The molecule has 1 aromatic heterocycles. The monoisotopic (exact) mass is 446 g/mol. The van der Waals surface area contributed by atoms with Gasteiger partial charge in [-0.3, -0.25) is 9.59 Å². The van der Waals surface area contributed by atoms with E-state index in [1.807, 2.05) is 0 Å². The van der Waals surface area contributed by atoms with Crippen LogP contribution in [0.4, 0.5) is 10.1 Å². The largest absolute Gasteiger partial charge is 0.351 e. The number of halogens is 2. The number of anilines is 1. The van der Waals surface area contributed by atoms with Crippen molar-refractivity contribution in [3.63, 3.8) is 0 Å². The van der Waals surface area contributed by atoms with E-state index in [9.17, 15) is 14.0 Å². The second-order valence-corrected chi connectivity index (χ2v) is 7.72. The Kier molecular flexibility index (Phi) is 4.95. The maximum atomic E-state index is 14.6. The van der Waals surface area contributed by atoms with Crippen molar-refractivity contribution in [2.45, 2.75) is 6.17 Å². The topological polar surface area (TPSA) is 86.3 Å². The van der Waals surface area contributed by atoms with Gasteiger partial charge in [0.15, 0.2) is 0 Å². The van der Waals surface area contributed by atoms with Crippen LogP contribution >= 0.6 is 11.6 Å². The van der Waals surface area contributed by atoms with Crippen molar-refractivity contribution in [1.29, 1.82) is 0 Å². The second-order valence-electron chi connectivity index (χ2n) is 7.28. The van der Waals surface area contributed by atoms with E-state index >= 15 is 0 Å². The fraction of sp³-hybridized carbons (Fsp3) is 0.0417. The summed E-state index contributed by atoms with van der Waals surface area (Å²) in [6.07, 6.45) is -1.26. The number of amides is 2. The van der Waals surface area contributed by atoms with Gasteiger partial charge in [0.05, 0.1) is 11.4 Å². The zero-order valence-corrected chi connectivity index (χ0v) is 17.3. The van der Waals surface area contributed by atoms with Gasteiger partial charge in [-0.05, 0) is 42.5 Å². The summed E-state index contributed by atoms with van der Waals surface area (Å²) >= 11 is 6.02. The van der Waals surface area contributed by atoms with Crippen LogP contribution in [0.3, 0.4) is 0 Å². The van der Waals surface area contributed by atoms with Gasteiger partial charge in [0.1, 0.15) is 11.5 Å². The lowest BCUT2D eigenvalue weighted by atomic mass is 10.0. The van der Waals surface area contributed by atoms with Gasteiger partial charge in [-0.2, -0.15) is 0 Å². The van der Waals surface area contributed by atoms with Crippen molar-refractivity contribution in [1.82, 2.24) is 10.3 Å². The lowest BCUT2D eigenvalue weighted by Crippen LogP contribution is -2.42. The Morgan fingerprint density at radius 1 is 1.00 bits per heavy atom. The first-order valence-electron chi connectivity index (χ1n) is 9.82. The van der Waals surface area contributed by atoms with Gasteiger partial charge in [0, 0.05) is 27.1 Å². The Morgan fingerprint density at radius 3 is 2.56 bits per heavy atom. The van der Waals surface area contributed by atoms with Gasteiger partial charge in [0.25, 0.3) is 11.8 Å². The molecule has 1 aliphatic heterocycles. The van der Waals surface area contributed by atoms with Gasteiger partial charge in [-0.25, -0.2) is 9.38 Å². The van der Waals surface area contributed by atoms with E-state index in [0.717, 1.165) is 10.9 Å². The number of fused-ring (bicyclic) bond motifs is 2. The van der Waals surface area contributed by atoms with Gasteiger partial charge in [-0.1, -0.05) is 41.9 Å². The van der Waals surface area contributed by atoms with Crippen molar-refractivity contribution in [2.24, 2.45) is 4.99 Å². The maximum Gasteiger partial charge on any atom is 0.269 e. The van der Waals surface area contributed by atoms with E-state index in [1.165, 1.54) is 6.07 Å². The number of aromatic nitrogens is 1. The number of aromatic amines is 1. The number of hydrogen-bond donors (Lipinski definition) is 3. The minimum absolute atomic E-state index is 0.232. The maximum absolute atomic E-state index is 14.6. The number of carbonyl (C=O) groups is 2. The summed E-state index contributed by atoms with van der Waals surface area (Å²) in [7, 11) is 0. The number of hydrogen-bond acceptors (Lipinski definition) is 3. The summed E-state index contributed by atoms with van der Waals surface area (Å²) in [5.74, 6) is -1.54. The molecule has 6 nitrogen and oxygen atoms in total. The Balaban J connectivity index is 1.54. The number of benzene rings is 3. The molecule has 2 heterocycles. The molecular weight excluding hydrogens is 431 g/mol. The number of rotatable bonds is 3. The van der Waals surface area contributed by atoms with Crippen molar-refractivity contribution >= 4 is 45.7 Å². The highest BCUT2D eigenvalue weighted by Crippen LogP contribution is 2.25. The predicted octanol–water partition coefficient (Wildman–Crippen LogP) is 4.51. The number of benzodiazepines with no additional fused rings is 1. The Hall–Kier alpha value is -3.97. The summed E-state index contributed by atoms with van der Waals surface area (Å²) in [6, 6.07) is 20.0. The molecule has 0 bridgehead atoms.